The number of nitrogens with zero attached hydrogens (tertiary/aromatic N) is 3. The van der Waals surface area contributed by atoms with Crippen molar-refractivity contribution in [1.29, 1.82) is 0 Å². The van der Waals surface area contributed by atoms with Crippen molar-refractivity contribution in [1.82, 2.24) is 14.3 Å². The molecule has 0 bridgehead atoms. The topological polar surface area (TPSA) is 71.8 Å². The number of carbonyl (C=O) groups excluding carboxylic acids is 1. The fourth-order valence-corrected chi connectivity index (χ4v) is 4.18. The molecule has 2 heterocycles. The van der Waals surface area contributed by atoms with Crippen LogP contribution in [0.4, 0.5) is 0 Å². The first-order valence-corrected chi connectivity index (χ1v) is 10.2. The molecule has 0 unspecified atom stereocenters. The Labute approximate surface area is 142 Å². The Kier molecular flexibility index (Phi) is 4.62. The SMILES string of the molecule is CN(C(=O)c1nc(S(C)(=O)=O)n2ccccc12)C1CCCCCC1. The normalized spacial score (nSPS) is 16.9. The summed E-state index contributed by atoms with van der Waals surface area (Å²) in [4.78, 5) is 18.9. The summed E-state index contributed by atoms with van der Waals surface area (Å²) < 4.78 is 25.5. The summed E-state index contributed by atoms with van der Waals surface area (Å²) in [6, 6.07) is 5.44. The van der Waals surface area contributed by atoms with Gasteiger partial charge in [-0.3, -0.25) is 9.20 Å². The largest absolute Gasteiger partial charge is 0.337 e. The third-order valence-electron chi connectivity index (χ3n) is 4.74. The first kappa shape index (κ1) is 17.0. The Balaban J connectivity index is 2.01. The highest BCUT2D eigenvalue weighted by atomic mass is 32.2. The van der Waals surface area contributed by atoms with E-state index in [1.807, 2.05) is 0 Å². The standard InChI is InChI=1S/C17H23N3O3S/c1-19(13-9-5-3-4-6-10-13)16(21)15-14-11-7-8-12-20(14)17(18-15)24(2,22)23/h7-8,11-13H,3-6,9-10H2,1-2H3. The summed E-state index contributed by atoms with van der Waals surface area (Å²) in [5.41, 5.74) is 0.742. The van der Waals surface area contributed by atoms with Crippen molar-refractivity contribution >= 4 is 21.3 Å². The average Bonchev–Trinajstić information content (AvgIpc) is 2.74. The van der Waals surface area contributed by atoms with Crippen LogP contribution in [0.5, 0.6) is 0 Å². The van der Waals surface area contributed by atoms with Crippen molar-refractivity contribution < 1.29 is 13.2 Å². The summed E-state index contributed by atoms with van der Waals surface area (Å²) in [7, 11) is -1.72. The van der Waals surface area contributed by atoms with Crippen LogP contribution in [0.25, 0.3) is 5.52 Å². The number of sulfone groups is 1. The van der Waals surface area contributed by atoms with Crippen LogP contribution in [0, 0.1) is 0 Å². The van der Waals surface area contributed by atoms with Crippen molar-refractivity contribution in [2.45, 2.75) is 49.7 Å². The lowest BCUT2D eigenvalue weighted by Gasteiger charge is -2.26. The Morgan fingerprint density at radius 2 is 1.88 bits per heavy atom. The van der Waals surface area contributed by atoms with E-state index in [0.717, 1.165) is 31.9 Å². The monoisotopic (exact) mass is 349 g/mol. The van der Waals surface area contributed by atoms with Gasteiger partial charge in [0.05, 0.1) is 5.52 Å². The first-order chi connectivity index (χ1) is 11.4. The molecule has 6 nitrogen and oxygen atoms in total. The summed E-state index contributed by atoms with van der Waals surface area (Å²) in [5.74, 6) is -0.208. The van der Waals surface area contributed by atoms with Gasteiger partial charge in [-0.2, -0.15) is 0 Å². The molecule has 0 atom stereocenters. The van der Waals surface area contributed by atoms with Gasteiger partial charge in [-0.15, -0.1) is 0 Å². The third-order valence-corrected chi connectivity index (χ3v) is 5.69. The van der Waals surface area contributed by atoms with Gasteiger partial charge < -0.3 is 4.90 Å². The lowest BCUT2D eigenvalue weighted by molar-refractivity contribution is 0.0714. The molecule has 2 aromatic rings. The Bertz CT molecular complexity index is 849. The predicted octanol–water partition coefficient (Wildman–Crippen LogP) is 2.53. The molecule has 0 saturated heterocycles. The number of aromatic nitrogens is 2. The maximum absolute atomic E-state index is 13.0. The molecule has 24 heavy (non-hydrogen) atoms. The number of pyridine rings is 1. The maximum atomic E-state index is 13.0. The van der Waals surface area contributed by atoms with Gasteiger partial charge >= 0.3 is 0 Å². The molecule has 0 aliphatic heterocycles. The minimum Gasteiger partial charge on any atom is -0.337 e. The number of carbonyl (C=O) groups is 1. The quantitative estimate of drug-likeness (QED) is 0.798. The van der Waals surface area contributed by atoms with Crippen LogP contribution in [-0.2, 0) is 9.84 Å². The van der Waals surface area contributed by atoms with Gasteiger partial charge in [0, 0.05) is 25.5 Å². The third kappa shape index (κ3) is 3.17. The van der Waals surface area contributed by atoms with Crippen molar-refractivity contribution in [2.75, 3.05) is 13.3 Å². The van der Waals surface area contributed by atoms with E-state index in [2.05, 4.69) is 4.98 Å². The molecule has 2 aromatic heterocycles. The van der Waals surface area contributed by atoms with Crippen molar-refractivity contribution in [2.24, 2.45) is 0 Å². The second-order valence-electron chi connectivity index (χ2n) is 6.53. The lowest BCUT2D eigenvalue weighted by Crippen LogP contribution is -2.37. The number of amides is 1. The Morgan fingerprint density at radius 3 is 2.50 bits per heavy atom. The van der Waals surface area contributed by atoms with Crippen LogP contribution in [0.3, 0.4) is 0 Å². The molecule has 0 aromatic carbocycles. The van der Waals surface area contributed by atoms with Crippen LogP contribution in [0.2, 0.25) is 0 Å². The van der Waals surface area contributed by atoms with Crippen molar-refractivity contribution in [3.63, 3.8) is 0 Å². The van der Waals surface area contributed by atoms with Crippen LogP contribution < -0.4 is 0 Å². The molecule has 0 spiro atoms. The summed E-state index contributed by atoms with van der Waals surface area (Å²) in [5, 5.41) is -0.0873. The van der Waals surface area contributed by atoms with Crippen LogP contribution in [0.1, 0.15) is 49.0 Å². The molecule has 0 radical (unpaired) electrons. The number of hydrogen-bond donors (Lipinski definition) is 0. The van der Waals surface area contributed by atoms with Crippen LogP contribution in [0.15, 0.2) is 29.6 Å². The van der Waals surface area contributed by atoms with E-state index in [1.54, 1.807) is 36.3 Å². The number of fused-ring (bicyclic) bond motifs is 1. The van der Waals surface area contributed by atoms with Gasteiger partial charge in [0.1, 0.15) is 0 Å². The maximum Gasteiger partial charge on any atom is 0.274 e. The molecule has 1 saturated carbocycles. The van der Waals surface area contributed by atoms with E-state index in [1.165, 1.54) is 17.2 Å². The van der Waals surface area contributed by atoms with Gasteiger partial charge in [-0.1, -0.05) is 31.7 Å². The fourth-order valence-electron chi connectivity index (χ4n) is 3.41. The van der Waals surface area contributed by atoms with Crippen LogP contribution in [-0.4, -0.2) is 48.0 Å². The minimum atomic E-state index is -3.52. The molecule has 1 amide bonds. The fraction of sp³-hybridized carbons (Fsp3) is 0.529. The molecule has 1 aliphatic carbocycles. The molecular weight excluding hydrogens is 326 g/mol. The van der Waals surface area contributed by atoms with Crippen LogP contribution >= 0.6 is 0 Å². The first-order valence-electron chi connectivity index (χ1n) is 8.34. The molecular formula is C17H23N3O3S. The zero-order valence-corrected chi connectivity index (χ0v) is 14.9. The summed E-state index contributed by atoms with van der Waals surface area (Å²) in [6.07, 6.45) is 9.40. The molecule has 1 fully saturated rings. The van der Waals surface area contributed by atoms with Gasteiger partial charge in [-0.25, -0.2) is 13.4 Å². The minimum absolute atomic E-state index is 0.0873. The summed E-state index contributed by atoms with van der Waals surface area (Å²) >= 11 is 0. The molecule has 7 heteroatoms. The highest BCUT2D eigenvalue weighted by molar-refractivity contribution is 7.90. The molecule has 130 valence electrons. The number of rotatable bonds is 3. The van der Waals surface area contributed by atoms with Crippen molar-refractivity contribution in [3.8, 4) is 0 Å². The van der Waals surface area contributed by atoms with E-state index in [0.29, 0.717) is 5.52 Å². The van der Waals surface area contributed by atoms with Crippen molar-refractivity contribution in [3.05, 3.63) is 30.1 Å². The Hall–Kier alpha value is -1.89. The van der Waals surface area contributed by atoms with E-state index >= 15 is 0 Å². The second-order valence-corrected chi connectivity index (χ2v) is 8.44. The Morgan fingerprint density at radius 1 is 1.21 bits per heavy atom. The van der Waals surface area contributed by atoms with E-state index < -0.39 is 9.84 Å². The molecule has 1 aliphatic rings. The predicted molar refractivity (Wildman–Crippen MR) is 91.9 cm³/mol. The van der Waals surface area contributed by atoms with Gasteiger partial charge in [-0.05, 0) is 25.0 Å². The highest BCUT2D eigenvalue weighted by Crippen LogP contribution is 2.24. The smallest absolute Gasteiger partial charge is 0.274 e. The average molecular weight is 349 g/mol. The zero-order valence-electron chi connectivity index (χ0n) is 14.1. The number of imidazole rings is 1. The van der Waals surface area contributed by atoms with Gasteiger partial charge in [0.2, 0.25) is 15.0 Å². The zero-order chi connectivity index (χ0) is 17.3. The van der Waals surface area contributed by atoms with E-state index in [9.17, 15) is 13.2 Å². The molecule has 3 rings (SSSR count). The van der Waals surface area contributed by atoms with Gasteiger partial charge in [0.15, 0.2) is 5.69 Å². The van der Waals surface area contributed by atoms with E-state index in [-0.39, 0.29) is 22.8 Å². The second kappa shape index (κ2) is 6.55. The lowest BCUT2D eigenvalue weighted by atomic mass is 10.1. The summed E-state index contributed by atoms with van der Waals surface area (Å²) in [6.45, 7) is 0. The molecule has 0 N–H and O–H groups in total. The van der Waals surface area contributed by atoms with E-state index in [4.69, 9.17) is 0 Å². The highest BCUT2D eigenvalue weighted by Gasteiger charge is 2.28. The number of hydrogen-bond acceptors (Lipinski definition) is 4. The van der Waals surface area contributed by atoms with Gasteiger partial charge in [0.25, 0.3) is 5.91 Å².